The Morgan fingerprint density at radius 3 is 2.59 bits per heavy atom. The average molecular weight is 448 g/mol. The van der Waals surface area contributed by atoms with Crippen molar-refractivity contribution in [1.29, 1.82) is 5.26 Å². The summed E-state index contributed by atoms with van der Waals surface area (Å²) in [6.07, 6.45) is 5.40. The second-order valence-electron chi connectivity index (χ2n) is 8.52. The normalized spacial score (nSPS) is 13.9. The second kappa shape index (κ2) is 9.63. The number of piperidine rings is 1. The van der Waals surface area contributed by atoms with Crippen molar-refractivity contribution in [2.45, 2.75) is 18.9 Å². The molecule has 5 rings (SSSR count). The maximum Gasteiger partial charge on any atom is 0.321 e. The molecule has 1 saturated heterocycles. The van der Waals surface area contributed by atoms with Crippen LogP contribution in [-0.2, 0) is 0 Å². The predicted molar refractivity (Wildman–Crippen MR) is 136 cm³/mol. The summed E-state index contributed by atoms with van der Waals surface area (Å²) in [7, 11) is 0. The molecule has 1 aromatic heterocycles. The zero-order valence-electron chi connectivity index (χ0n) is 18.7. The van der Waals surface area contributed by atoms with Crippen molar-refractivity contribution in [3.05, 3.63) is 90.8 Å². The van der Waals surface area contributed by atoms with E-state index in [1.807, 2.05) is 71.8 Å². The molecule has 0 unspecified atom stereocenters. The lowest BCUT2D eigenvalue weighted by Crippen LogP contribution is -2.44. The molecule has 0 radical (unpaired) electrons. The van der Waals surface area contributed by atoms with Crippen molar-refractivity contribution in [1.82, 2.24) is 9.88 Å². The monoisotopic (exact) mass is 447 g/mol. The summed E-state index contributed by atoms with van der Waals surface area (Å²) in [5, 5.41) is 18.1. The van der Waals surface area contributed by atoms with E-state index in [1.54, 1.807) is 6.20 Å². The highest BCUT2D eigenvalue weighted by atomic mass is 16.2. The number of carbonyl (C=O) groups is 1. The van der Waals surface area contributed by atoms with Crippen LogP contribution < -0.4 is 10.6 Å². The van der Waals surface area contributed by atoms with Gasteiger partial charge in [-0.05, 0) is 71.8 Å². The molecule has 34 heavy (non-hydrogen) atoms. The maximum atomic E-state index is 12.6. The van der Waals surface area contributed by atoms with Gasteiger partial charge in [-0.2, -0.15) is 5.26 Å². The van der Waals surface area contributed by atoms with Gasteiger partial charge in [-0.15, -0.1) is 0 Å². The fourth-order valence-corrected chi connectivity index (χ4v) is 4.42. The third kappa shape index (κ3) is 4.69. The van der Waals surface area contributed by atoms with Gasteiger partial charge in [-0.25, -0.2) is 4.79 Å². The van der Waals surface area contributed by atoms with Gasteiger partial charge in [0, 0.05) is 48.3 Å². The smallest absolute Gasteiger partial charge is 0.321 e. The van der Waals surface area contributed by atoms with Crippen LogP contribution in [-0.4, -0.2) is 35.0 Å². The van der Waals surface area contributed by atoms with E-state index in [1.165, 1.54) is 0 Å². The van der Waals surface area contributed by atoms with Gasteiger partial charge in [0.2, 0.25) is 0 Å². The first-order valence-corrected chi connectivity index (χ1v) is 11.5. The second-order valence-corrected chi connectivity index (χ2v) is 8.52. The summed E-state index contributed by atoms with van der Waals surface area (Å²) >= 11 is 0. The maximum absolute atomic E-state index is 12.6. The molecule has 0 bridgehead atoms. The largest absolute Gasteiger partial charge is 0.382 e. The molecule has 1 fully saturated rings. The van der Waals surface area contributed by atoms with Crippen LogP contribution in [0.15, 0.2) is 85.2 Å². The molecule has 168 valence electrons. The summed E-state index contributed by atoms with van der Waals surface area (Å²) in [5.74, 6) is 0. The molecule has 1 aliphatic heterocycles. The third-order valence-corrected chi connectivity index (χ3v) is 6.25. The Bertz CT molecular complexity index is 1350. The Balaban J connectivity index is 1.32. The van der Waals surface area contributed by atoms with Gasteiger partial charge in [-0.3, -0.25) is 4.98 Å². The number of hydrogen-bond donors (Lipinski definition) is 2. The predicted octanol–water partition coefficient (Wildman–Crippen LogP) is 5.88. The Morgan fingerprint density at radius 1 is 0.971 bits per heavy atom. The van der Waals surface area contributed by atoms with E-state index in [9.17, 15) is 10.1 Å². The summed E-state index contributed by atoms with van der Waals surface area (Å²) in [6, 6.07) is 25.9. The quantitative estimate of drug-likeness (QED) is 0.409. The number of urea groups is 1. The van der Waals surface area contributed by atoms with Crippen molar-refractivity contribution in [2.24, 2.45) is 0 Å². The highest BCUT2D eigenvalue weighted by molar-refractivity contribution is 5.97. The number of para-hydroxylation sites is 1. The van der Waals surface area contributed by atoms with E-state index in [4.69, 9.17) is 0 Å². The van der Waals surface area contributed by atoms with E-state index >= 15 is 0 Å². The number of nitrogens with one attached hydrogen (secondary N) is 2. The molecule has 2 heterocycles. The molecule has 6 heteroatoms. The number of benzene rings is 3. The first kappa shape index (κ1) is 21.5. The lowest BCUT2D eigenvalue weighted by molar-refractivity contribution is 0.197. The van der Waals surface area contributed by atoms with Crippen LogP contribution in [0.25, 0.3) is 21.9 Å². The summed E-state index contributed by atoms with van der Waals surface area (Å²) in [5.41, 5.74) is 4.54. The van der Waals surface area contributed by atoms with Crippen LogP contribution in [0, 0.1) is 11.3 Å². The highest BCUT2D eigenvalue weighted by Crippen LogP contribution is 2.32. The van der Waals surface area contributed by atoms with Gasteiger partial charge < -0.3 is 15.5 Å². The van der Waals surface area contributed by atoms with Gasteiger partial charge in [0.15, 0.2) is 0 Å². The third-order valence-electron chi connectivity index (χ3n) is 6.25. The molecular formula is C28H25N5O. The Kier molecular flexibility index (Phi) is 6.09. The average Bonchev–Trinajstić information content (AvgIpc) is 2.89. The van der Waals surface area contributed by atoms with Crippen molar-refractivity contribution in [3.8, 4) is 17.2 Å². The van der Waals surface area contributed by atoms with Gasteiger partial charge in [0.05, 0.1) is 11.6 Å². The minimum Gasteiger partial charge on any atom is -0.382 e. The Morgan fingerprint density at radius 2 is 1.79 bits per heavy atom. The number of nitriles is 1. The van der Waals surface area contributed by atoms with Gasteiger partial charge >= 0.3 is 6.03 Å². The SMILES string of the molecule is N#Cc1cccc(-c2cc(NC3CCN(C(=O)Nc4ccccc4)CC3)c3cnccc3c2)c1. The number of nitrogens with zero attached hydrogens (tertiary/aromatic N) is 3. The number of pyridine rings is 1. The van der Waals surface area contributed by atoms with Crippen molar-refractivity contribution >= 4 is 28.2 Å². The standard InChI is InChI=1S/C28H25N5O/c29-18-20-5-4-6-21(15-20)23-16-22-9-12-30-19-26(22)27(17-23)31-25-10-13-33(14-11-25)28(34)32-24-7-2-1-3-8-24/h1-9,12,15-17,19,25,31H,10-11,13-14H2,(H,32,34). The number of hydrogen-bond acceptors (Lipinski definition) is 4. The number of amides is 2. The molecular weight excluding hydrogens is 422 g/mol. The van der Waals surface area contributed by atoms with E-state index in [0.29, 0.717) is 18.7 Å². The van der Waals surface area contributed by atoms with E-state index in [2.05, 4.69) is 33.8 Å². The van der Waals surface area contributed by atoms with E-state index in [0.717, 1.165) is 46.1 Å². The lowest BCUT2D eigenvalue weighted by Gasteiger charge is -2.33. The molecule has 6 nitrogen and oxygen atoms in total. The molecule has 0 saturated carbocycles. The van der Waals surface area contributed by atoms with Gasteiger partial charge in [0.25, 0.3) is 0 Å². The Hall–Kier alpha value is -4.37. The number of likely N-dealkylation sites (tertiary alicyclic amines) is 1. The van der Waals surface area contributed by atoms with Crippen LogP contribution in [0.3, 0.4) is 0 Å². The summed E-state index contributed by atoms with van der Waals surface area (Å²) in [4.78, 5) is 18.8. The van der Waals surface area contributed by atoms with E-state index in [-0.39, 0.29) is 12.1 Å². The number of rotatable bonds is 4. The van der Waals surface area contributed by atoms with Crippen LogP contribution in [0.2, 0.25) is 0 Å². The molecule has 4 aromatic rings. The minimum atomic E-state index is -0.0568. The van der Waals surface area contributed by atoms with Crippen LogP contribution in [0.5, 0.6) is 0 Å². The number of carbonyl (C=O) groups excluding carboxylic acids is 1. The fraction of sp³-hybridized carbons (Fsp3) is 0.179. The van der Waals surface area contributed by atoms with Crippen LogP contribution >= 0.6 is 0 Å². The molecule has 0 spiro atoms. The minimum absolute atomic E-state index is 0.0568. The number of fused-ring (bicyclic) bond motifs is 1. The molecule has 2 N–H and O–H groups in total. The highest BCUT2D eigenvalue weighted by Gasteiger charge is 2.23. The molecule has 0 aliphatic carbocycles. The first-order valence-electron chi connectivity index (χ1n) is 11.5. The fourth-order valence-electron chi connectivity index (χ4n) is 4.42. The van der Waals surface area contributed by atoms with Crippen molar-refractivity contribution in [3.63, 3.8) is 0 Å². The molecule has 3 aromatic carbocycles. The molecule has 2 amide bonds. The summed E-state index contributed by atoms with van der Waals surface area (Å²) < 4.78 is 0. The van der Waals surface area contributed by atoms with E-state index < -0.39 is 0 Å². The van der Waals surface area contributed by atoms with Gasteiger partial charge in [-0.1, -0.05) is 30.3 Å². The van der Waals surface area contributed by atoms with Gasteiger partial charge in [0.1, 0.15) is 0 Å². The molecule has 0 atom stereocenters. The lowest BCUT2D eigenvalue weighted by atomic mass is 9.98. The number of aromatic nitrogens is 1. The zero-order valence-corrected chi connectivity index (χ0v) is 18.7. The summed E-state index contributed by atoms with van der Waals surface area (Å²) in [6.45, 7) is 1.38. The Labute approximate surface area is 198 Å². The number of anilines is 2. The first-order chi connectivity index (χ1) is 16.7. The molecule has 1 aliphatic rings. The van der Waals surface area contributed by atoms with Crippen molar-refractivity contribution < 1.29 is 4.79 Å². The van der Waals surface area contributed by atoms with Crippen LogP contribution in [0.4, 0.5) is 16.2 Å². The van der Waals surface area contributed by atoms with Crippen molar-refractivity contribution in [2.75, 3.05) is 23.7 Å². The zero-order chi connectivity index (χ0) is 23.3. The topological polar surface area (TPSA) is 81.0 Å². The van der Waals surface area contributed by atoms with Crippen LogP contribution in [0.1, 0.15) is 18.4 Å².